The van der Waals surface area contributed by atoms with Crippen molar-refractivity contribution in [3.8, 4) is 0 Å². The number of rotatable bonds is 2. The van der Waals surface area contributed by atoms with Crippen molar-refractivity contribution >= 4 is 5.91 Å². The Morgan fingerprint density at radius 1 is 1.39 bits per heavy atom. The first-order valence-corrected chi connectivity index (χ1v) is 6.75. The molecular formula is C13H20N4O. The van der Waals surface area contributed by atoms with Crippen molar-refractivity contribution in [2.45, 2.75) is 31.8 Å². The Morgan fingerprint density at radius 3 is 3.00 bits per heavy atom. The van der Waals surface area contributed by atoms with E-state index in [0.717, 1.165) is 19.5 Å². The van der Waals surface area contributed by atoms with Crippen LogP contribution in [0.1, 0.15) is 19.3 Å². The molecular weight excluding hydrogens is 228 g/mol. The van der Waals surface area contributed by atoms with Crippen molar-refractivity contribution in [3.05, 3.63) is 18.5 Å². The van der Waals surface area contributed by atoms with E-state index >= 15 is 0 Å². The van der Waals surface area contributed by atoms with Gasteiger partial charge in [-0.15, -0.1) is 0 Å². The van der Waals surface area contributed by atoms with Gasteiger partial charge in [0.2, 0.25) is 5.91 Å². The van der Waals surface area contributed by atoms with Gasteiger partial charge in [-0.2, -0.15) is 5.10 Å². The second-order valence-corrected chi connectivity index (χ2v) is 5.52. The van der Waals surface area contributed by atoms with Crippen LogP contribution in [0.5, 0.6) is 0 Å². The molecule has 1 amide bonds. The number of carbonyl (C=O) groups excluding carboxylic acids is 1. The molecule has 0 spiro atoms. The molecule has 3 unspecified atom stereocenters. The summed E-state index contributed by atoms with van der Waals surface area (Å²) in [4.78, 5) is 14.2. The predicted octanol–water partition coefficient (Wildman–Crippen LogP) is 0.469. The Kier molecular flexibility index (Phi) is 3.07. The van der Waals surface area contributed by atoms with Gasteiger partial charge in [-0.1, -0.05) is 6.42 Å². The quantitative estimate of drug-likeness (QED) is 0.827. The van der Waals surface area contributed by atoms with Crippen molar-refractivity contribution in [3.63, 3.8) is 0 Å². The van der Waals surface area contributed by atoms with Gasteiger partial charge >= 0.3 is 0 Å². The minimum absolute atomic E-state index is 0.167. The van der Waals surface area contributed by atoms with Gasteiger partial charge in [0, 0.05) is 31.5 Å². The molecule has 3 atom stereocenters. The maximum Gasteiger partial charge on any atom is 0.244 e. The third-order valence-corrected chi connectivity index (χ3v) is 4.36. The van der Waals surface area contributed by atoms with E-state index < -0.39 is 0 Å². The first-order chi connectivity index (χ1) is 8.74. The molecule has 1 aliphatic heterocycles. The molecule has 1 aromatic rings. The van der Waals surface area contributed by atoms with E-state index in [-0.39, 0.29) is 11.9 Å². The molecule has 98 valence electrons. The highest BCUT2D eigenvalue weighted by molar-refractivity contribution is 5.76. The van der Waals surface area contributed by atoms with Crippen LogP contribution in [0.3, 0.4) is 0 Å². The lowest BCUT2D eigenvalue weighted by Crippen LogP contribution is -2.38. The monoisotopic (exact) mass is 248 g/mol. The Morgan fingerprint density at radius 2 is 2.28 bits per heavy atom. The molecule has 5 heteroatoms. The standard InChI is InChI=1S/C13H20N4O/c14-12-4-1-3-10-7-16(8-11(10)12)13(18)9-17-6-2-5-15-17/h2,5-6,10-12H,1,3-4,7-9,14H2. The molecule has 2 heterocycles. The number of amides is 1. The first-order valence-electron chi connectivity index (χ1n) is 6.75. The van der Waals surface area contributed by atoms with E-state index in [4.69, 9.17) is 5.73 Å². The molecule has 18 heavy (non-hydrogen) atoms. The normalized spacial score (nSPS) is 31.4. The largest absolute Gasteiger partial charge is 0.340 e. The zero-order valence-corrected chi connectivity index (χ0v) is 10.5. The van der Waals surface area contributed by atoms with Gasteiger partial charge in [-0.3, -0.25) is 9.48 Å². The molecule has 1 aromatic heterocycles. The van der Waals surface area contributed by atoms with Crippen molar-refractivity contribution in [1.29, 1.82) is 0 Å². The van der Waals surface area contributed by atoms with E-state index in [9.17, 15) is 4.79 Å². The molecule has 1 saturated carbocycles. The molecule has 0 radical (unpaired) electrons. The number of hydrogen-bond donors (Lipinski definition) is 1. The van der Waals surface area contributed by atoms with Gasteiger partial charge in [-0.25, -0.2) is 0 Å². The van der Waals surface area contributed by atoms with Crippen LogP contribution in [0.2, 0.25) is 0 Å². The van der Waals surface area contributed by atoms with Gasteiger partial charge in [-0.05, 0) is 30.7 Å². The lowest BCUT2D eigenvalue weighted by molar-refractivity contribution is -0.131. The molecule has 0 aromatic carbocycles. The predicted molar refractivity (Wildman–Crippen MR) is 67.6 cm³/mol. The number of nitrogens with two attached hydrogens (primary N) is 1. The summed E-state index contributed by atoms with van der Waals surface area (Å²) in [7, 11) is 0. The van der Waals surface area contributed by atoms with E-state index in [1.54, 1.807) is 10.9 Å². The first kappa shape index (κ1) is 11.7. The number of aromatic nitrogens is 2. The number of carbonyl (C=O) groups is 1. The molecule has 1 saturated heterocycles. The topological polar surface area (TPSA) is 64.2 Å². The van der Waals surface area contributed by atoms with Crippen molar-refractivity contribution in [2.75, 3.05) is 13.1 Å². The molecule has 2 aliphatic rings. The van der Waals surface area contributed by atoms with Gasteiger partial charge in [0.05, 0.1) is 0 Å². The number of fused-ring (bicyclic) bond motifs is 1. The van der Waals surface area contributed by atoms with E-state index in [2.05, 4.69) is 5.10 Å². The van der Waals surface area contributed by atoms with Gasteiger partial charge in [0.25, 0.3) is 0 Å². The van der Waals surface area contributed by atoms with E-state index in [1.165, 1.54) is 12.8 Å². The molecule has 1 aliphatic carbocycles. The lowest BCUT2D eigenvalue weighted by atomic mass is 9.78. The highest BCUT2D eigenvalue weighted by atomic mass is 16.2. The molecule has 3 rings (SSSR count). The smallest absolute Gasteiger partial charge is 0.244 e. The zero-order chi connectivity index (χ0) is 12.5. The second kappa shape index (κ2) is 4.72. The molecule has 5 nitrogen and oxygen atoms in total. The summed E-state index contributed by atoms with van der Waals surface area (Å²) in [6.45, 7) is 2.08. The van der Waals surface area contributed by atoms with Crippen molar-refractivity contribution in [2.24, 2.45) is 17.6 Å². The second-order valence-electron chi connectivity index (χ2n) is 5.52. The molecule has 2 N–H and O–H groups in total. The van der Waals surface area contributed by atoms with Gasteiger partial charge in [0.15, 0.2) is 0 Å². The van der Waals surface area contributed by atoms with Crippen LogP contribution >= 0.6 is 0 Å². The Balaban J connectivity index is 1.62. The minimum atomic E-state index is 0.167. The average Bonchev–Trinajstić information content (AvgIpc) is 2.97. The number of nitrogens with zero attached hydrogens (tertiary/aromatic N) is 3. The molecule has 0 bridgehead atoms. The SMILES string of the molecule is NC1CCCC2CN(C(=O)Cn3cccn3)CC12. The maximum atomic E-state index is 12.2. The highest BCUT2D eigenvalue weighted by Gasteiger charge is 2.40. The highest BCUT2D eigenvalue weighted by Crippen LogP contribution is 2.35. The maximum absolute atomic E-state index is 12.2. The Bertz CT molecular complexity index is 417. The minimum Gasteiger partial charge on any atom is -0.340 e. The summed E-state index contributed by atoms with van der Waals surface area (Å²) in [5.41, 5.74) is 6.16. The van der Waals surface area contributed by atoms with Crippen LogP contribution in [0.4, 0.5) is 0 Å². The number of hydrogen-bond acceptors (Lipinski definition) is 3. The van der Waals surface area contributed by atoms with Crippen LogP contribution in [-0.2, 0) is 11.3 Å². The Labute approximate surface area is 107 Å². The van der Waals surface area contributed by atoms with Crippen LogP contribution in [0.15, 0.2) is 18.5 Å². The fourth-order valence-corrected chi connectivity index (χ4v) is 3.35. The van der Waals surface area contributed by atoms with Gasteiger partial charge in [0.1, 0.15) is 6.54 Å². The summed E-state index contributed by atoms with van der Waals surface area (Å²) in [5.74, 6) is 1.30. The Hall–Kier alpha value is -1.36. The third-order valence-electron chi connectivity index (χ3n) is 4.36. The van der Waals surface area contributed by atoms with E-state index in [1.807, 2.05) is 17.2 Å². The van der Waals surface area contributed by atoms with Crippen molar-refractivity contribution < 1.29 is 4.79 Å². The van der Waals surface area contributed by atoms with E-state index in [0.29, 0.717) is 18.4 Å². The summed E-state index contributed by atoms with van der Waals surface area (Å²) >= 11 is 0. The van der Waals surface area contributed by atoms with Crippen LogP contribution < -0.4 is 5.73 Å². The average molecular weight is 248 g/mol. The lowest BCUT2D eigenvalue weighted by Gasteiger charge is -2.29. The zero-order valence-electron chi connectivity index (χ0n) is 10.5. The summed E-state index contributed by atoms with van der Waals surface area (Å²) in [6, 6.07) is 2.12. The molecule has 2 fully saturated rings. The summed E-state index contributed by atoms with van der Waals surface area (Å²) < 4.78 is 1.68. The summed E-state index contributed by atoms with van der Waals surface area (Å²) in [6.07, 6.45) is 7.08. The van der Waals surface area contributed by atoms with Crippen LogP contribution in [-0.4, -0.2) is 39.7 Å². The summed E-state index contributed by atoms with van der Waals surface area (Å²) in [5, 5.41) is 4.08. The fourth-order valence-electron chi connectivity index (χ4n) is 3.35. The third kappa shape index (κ3) is 2.14. The van der Waals surface area contributed by atoms with Crippen LogP contribution in [0.25, 0.3) is 0 Å². The van der Waals surface area contributed by atoms with Gasteiger partial charge < -0.3 is 10.6 Å². The fraction of sp³-hybridized carbons (Fsp3) is 0.692. The van der Waals surface area contributed by atoms with Crippen molar-refractivity contribution in [1.82, 2.24) is 14.7 Å². The number of likely N-dealkylation sites (tertiary alicyclic amines) is 1. The van der Waals surface area contributed by atoms with Crippen LogP contribution in [0, 0.1) is 11.8 Å².